The average molecular weight is 349 g/mol. The van der Waals surface area contributed by atoms with E-state index >= 15 is 0 Å². The summed E-state index contributed by atoms with van der Waals surface area (Å²) in [5.74, 6) is 0.386. The van der Waals surface area contributed by atoms with E-state index in [1.54, 1.807) is 0 Å². The van der Waals surface area contributed by atoms with Gasteiger partial charge in [-0.3, -0.25) is 0 Å². The predicted octanol–water partition coefficient (Wildman–Crippen LogP) is 5.39. The van der Waals surface area contributed by atoms with E-state index < -0.39 is 8.32 Å². The van der Waals surface area contributed by atoms with Crippen molar-refractivity contribution in [1.29, 1.82) is 0 Å². The molecule has 0 atom stereocenters. The number of hydrogen-bond acceptors (Lipinski definition) is 3. The van der Waals surface area contributed by atoms with Gasteiger partial charge in [-0.2, -0.15) is 0 Å². The van der Waals surface area contributed by atoms with Crippen molar-refractivity contribution in [2.75, 3.05) is 7.11 Å². The minimum Gasteiger partial charge on any atom is -0.546 e. The van der Waals surface area contributed by atoms with E-state index in [-0.39, 0.29) is 11.4 Å². The molecule has 4 heteroatoms. The Bertz CT molecular complexity index is 635. The summed E-state index contributed by atoms with van der Waals surface area (Å²) in [6.45, 7) is 18.7. The molecule has 0 saturated heterocycles. The Morgan fingerprint density at radius 2 is 1.46 bits per heavy atom. The fraction of sp³-hybridized carbons (Fsp3) is 0.550. The van der Waals surface area contributed by atoms with Gasteiger partial charge in [0.2, 0.25) is 8.32 Å². The molecule has 0 radical (unpaired) electrons. The van der Waals surface area contributed by atoms with Crippen molar-refractivity contribution in [1.82, 2.24) is 0 Å². The Balaban J connectivity index is 3.86. The second-order valence-corrected chi connectivity index (χ2v) is 12.9. The Morgan fingerprint density at radius 1 is 1.00 bits per heavy atom. The third-order valence-electron chi connectivity index (χ3n) is 3.63. The topological polar surface area (TPSA) is 35.5 Å². The van der Waals surface area contributed by atoms with Gasteiger partial charge in [0.15, 0.2) is 0 Å². The summed E-state index contributed by atoms with van der Waals surface area (Å²) in [6, 6.07) is 4.19. The minimum atomic E-state index is -1.90. The van der Waals surface area contributed by atoms with Crippen molar-refractivity contribution in [2.24, 2.45) is 5.41 Å². The van der Waals surface area contributed by atoms with Crippen molar-refractivity contribution >= 4 is 19.9 Å². The largest absolute Gasteiger partial charge is 0.546 e. The first-order valence-corrected chi connectivity index (χ1v) is 11.8. The van der Waals surface area contributed by atoms with E-state index in [0.29, 0.717) is 5.57 Å². The van der Waals surface area contributed by atoms with Gasteiger partial charge in [0.1, 0.15) is 5.57 Å². The summed E-state index contributed by atoms with van der Waals surface area (Å²) < 4.78 is 11.5. The van der Waals surface area contributed by atoms with Crippen molar-refractivity contribution in [2.45, 2.75) is 61.2 Å². The van der Waals surface area contributed by atoms with E-state index in [1.807, 2.05) is 13.8 Å². The first-order chi connectivity index (χ1) is 10.8. The third kappa shape index (κ3) is 4.97. The van der Waals surface area contributed by atoms with Gasteiger partial charge in [-0.1, -0.05) is 38.5 Å². The third-order valence-corrected chi connectivity index (χ3v) is 4.45. The summed E-state index contributed by atoms with van der Waals surface area (Å²) in [5, 5.41) is 0. The van der Waals surface area contributed by atoms with Crippen LogP contribution in [-0.4, -0.2) is 21.4 Å². The summed E-state index contributed by atoms with van der Waals surface area (Å²) in [7, 11) is -0.469. The zero-order valence-corrected chi connectivity index (χ0v) is 17.9. The molecule has 0 N–H and O–H groups in total. The van der Waals surface area contributed by atoms with Crippen LogP contribution in [0.2, 0.25) is 19.6 Å². The van der Waals surface area contributed by atoms with Crippen LogP contribution in [0.1, 0.15) is 43.0 Å². The predicted molar refractivity (Wildman–Crippen MR) is 103 cm³/mol. The van der Waals surface area contributed by atoms with Gasteiger partial charge in [-0.15, -0.1) is 0 Å². The van der Waals surface area contributed by atoms with Gasteiger partial charge in [0, 0.05) is 5.41 Å². The Labute approximate surface area is 148 Å². The van der Waals surface area contributed by atoms with Crippen LogP contribution in [0, 0.1) is 26.2 Å². The fourth-order valence-electron chi connectivity index (χ4n) is 2.87. The number of ether oxygens (including phenoxy) is 1. The van der Waals surface area contributed by atoms with Gasteiger partial charge < -0.3 is 9.16 Å². The van der Waals surface area contributed by atoms with E-state index in [0.717, 1.165) is 22.4 Å². The zero-order valence-electron chi connectivity index (χ0n) is 16.9. The Kier molecular flexibility index (Phi) is 6.09. The molecule has 0 unspecified atom stereocenters. The maximum atomic E-state index is 12.7. The van der Waals surface area contributed by atoms with Crippen LogP contribution in [0.3, 0.4) is 0 Å². The smallest absolute Gasteiger partial charge is 0.341 e. The molecule has 0 bridgehead atoms. The number of aryl methyl sites for hydroxylation is 3. The first kappa shape index (κ1) is 20.5. The number of hydrogen-bond donors (Lipinski definition) is 0. The van der Waals surface area contributed by atoms with E-state index in [1.165, 1.54) is 12.7 Å². The van der Waals surface area contributed by atoms with Crippen molar-refractivity contribution in [3.8, 4) is 0 Å². The van der Waals surface area contributed by atoms with Gasteiger partial charge in [-0.05, 0) is 57.1 Å². The standard InChI is InChI=1S/C20H32O3Si/c1-13-11-14(2)16(15(3)12-13)17(19(21)22-7)18(20(4,5)6)23-24(8,9)10/h11-12H,1-10H3/b18-17-. The minimum absolute atomic E-state index is 0.298. The lowest BCUT2D eigenvalue weighted by Gasteiger charge is -2.33. The number of allylic oxidation sites excluding steroid dienone is 1. The number of methoxy groups -OCH3 is 1. The van der Waals surface area contributed by atoms with E-state index in [9.17, 15) is 4.79 Å². The molecule has 0 fully saturated rings. The molecule has 1 aromatic carbocycles. The SMILES string of the molecule is COC(=O)/C(=C(\O[Si](C)(C)C)C(C)(C)C)c1c(C)cc(C)cc1C. The molecular formula is C20H32O3Si. The highest BCUT2D eigenvalue weighted by Crippen LogP contribution is 2.38. The van der Waals surface area contributed by atoms with Crippen molar-refractivity contribution in [3.05, 3.63) is 40.1 Å². The fourth-order valence-corrected chi connectivity index (χ4v) is 3.89. The zero-order chi connectivity index (χ0) is 18.9. The van der Waals surface area contributed by atoms with Crippen LogP contribution in [0.5, 0.6) is 0 Å². The molecule has 0 saturated carbocycles. The second-order valence-electron chi connectivity index (χ2n) is 8.43. The van der Waals surface area contributed by atoms with Crippen LogP contribution in [0.25, 0.3) is 5.57 Å². The number of carbonyl (C=O) groups excluding carboxylic acids is 1. The molecule has 0 aliphatic heterocycles. The monoisotopic (exact) mass is 348 g/mol. The lowest BCUT2D eigenvalue weighted by Crippen LogP contribution is -2.31. The summed E-state index contributed by atoms with van der Waals surface area (Å²) >= 11 is 0. The molecule has 0 amide bonds. The van der Waals surface area contributed by atoms with Gasteiger partial charge in [0.05, 0.1) is 12.9 Å². The highest BCUT2D eigenvalue weighted by molar-refractivity contribution is 6.70. The maximum absolute atomic E-state index is 12.7. The lowest BCUT2D eigenvalue weighted by atomic mass is 9.85. The maximum Gasteiger partial charge on any atom is 0.341 e. The van der Waals surface area contributed by atoms with Crippen LogP contribution in [0.15, 0.2) is 17.9 Å². The highest BCUT2D eigenvalue weighted by Gasteiger charge is 2.33. The molecule has 1 aromatic rings. The highest BCUT2D eigenvalue weighted by atomic mass is 28.4. The van der Waals surface area contributed by atoms with Crippen LogP contribution in [-0.2, 0) is 14.0 Å². The molecule has 3 nitrogen and oxygen atoms in total. The molecule has 134 valence electrons. The summed E-state index contributed by atoms with van der Waals surface area (Å²) in [5.41, 5.74) is 4.50. The molecule has 0 heterocycles. The Hall–Kier alpha value is -1.55. The molecule has 0 aliphatic rings. The molecule has 24 heavy (non-hydrogen) atoms. The normalized spacial score (nSPS) is 13.4. The molecule has 1 rings (SSSR count). The van der Waals surface area contributed by atoms with Gasteiger partial charge in [-0.25, -0.2) is 4.79 Å². The average Bonchev–Trinajstić information content (AvgIpc) is 2.37. The van der Waals surface area contributed by atoms with Crippen LogP contribution < -0.4 is 0 Å². The molecule has 0 spiro atoms. The number of rotatable bonds is 4. The molecule has 0 aromatic heterocycles. The lowest BCUT2D eigenvalue weighted by molar-refractivity contribution is -0.133. The molecule has 0 aliphatic carbocycles. The van der Waals surface area contributed by atoms with Crippen LogP contribution >= 0.6 is 0 Å². The van der Waals surface area contributed by atoms with Crippen molar-refractivity contribution < 1.29 is 14.0 Å². The van der Waals surface area contributed by atoms with Gasteiger partial charge >= 0.3 is 5.97 Å². The summed E-state index contributed by atoms with van der Waals surface area (Å²) in [4.78, 5) is 12.7. The number of esters is 1. The second kappa shape index (κ2) is 7.14. The van der Waals surface area contributed by atoms with Gasteiger partial charge in [0.25, 0.3) is 0 Å². The van der Waals surface area contributed by atoms with Crippen LogP contribution in [0.4, 0.5) is 0 Å². The number of benzene rings is 1. The van der Waals surface area contributed by atoms with E-state index in [2.05, 4.69) is 59.5 Å². The summed E-state index contributed by atoms with van der Waals surface area (Å²) in [6.07, 6.45) is 0. The first-order valence-electron chi connectivity index (χ1n) is 8.38. The van der Waals surface area contributed by atoms with Crippen molar-refractivity contribution in [3.63, 3.8) is 0 Å². The van der Waals surface area contributed by atoms with E-state index in [4.69, 9.17) is 9.16 Å². The molecular weight excluding hydrogens is 316 g/mol. The quantitative estimate of drug-likeness (QED) is 0.316. The number of carbonyl (C=O) groups is 1. The Morgan fingerprint density at radius 3 is 1.79 bits per heavy atom.